The fourth-order valence-electron chi connectivity index (χ4n) is 1.54. The Balaban J connectivity index is 2.09. The molecule has 0 atom stereocenters. The summed E-state index contributed by atoms with van der Waals surface area (Å²) in [5.41, 5.74) is 6.71. The van der Waals surface area contributed by atoms with Gasteiger partial charge in [0.05, 0.1) is 5.56 Å². The zero-order chi connectivity index (χ0) is 13.5. The number of nitrogens with two attached hydrogens (primary N) is 1. The zero-order valence-corrected chi connectivity index (χ0v) is 10.3. The van der Waals surface area contributed by atoms with Crippen molar-refractivity contribution in [3.8, 4) is 11.8 Å². The highest BCUT2D eigenvalue weighted by Crippen LogP contribution is 2.20. The number of nitrogens with zero attached hydrogens (tertiary/aromatic N) is 2. The summed E-state index contributed by atoms with van der Waals surface area (Å²) in [4.78, 5) is 4.14. The van der Waals surface area contributed by atoms with Gasteiger partial charge in [0.15, 0.2) is 0 Å². The maximum absolute atomic E-state index is 8.98. The first-order valence-electron chi connectivity index (χ1n) is 5.88. The lowest BCUT2D eigenvalue weighted by molar-refractivity contribution is 0.328. The number of hydrogen-bond acceptors (Lipinski definition) is 5. The normalized spacial score (nSPS) is 9.68. The van der Waals surface area contributed by atoms with Gasteiger partial charge in [0, 0.05) is 18.4 Å². The third kappa shape index (κ3) is 3.44. The number of hydrogen-bond donors (Lipinski definition) is 2. The van der Waals surface area contributed by atoms with Gasteiger partial charge in [-0.3, -0.25) is 0 Å². The van der Waals surface area contributed by atoms with Crippen molar-refractivity contribution < 1.29 is 4.74 Å². The number of anilines is 2. The minimum atomic E-state index is 0.486. The monoisotopic (exact) mass is 254 g/mol. The molecule has 0 aliphatic heterocycles. The Morgan fingerprint density at radius 3 is 2.74 bits per heavy atom. The van der Waals surface area contributed by atoms with E-state index in [-0.39, 0.29) is 0 Å². The van der Waals surface area contributed by atoms with Gasteiger partial charge in [0.2, 0.25) is 0 Å². The van der Waals surface area contributed by atoms with E-state index in [9.17, 15) is 0 Å². The van der Waals surface area contributed by atoms with E-state index in [1.165, 1.54) is 0 Å². The molecule has 5 heteroatoms. The molecule has 1 aromatic carbocycles. The molecule has 0 fully saturated rings. The van der Waals surface area contributed by atoms with E-state index in [1.807, 2.05) is 24.3 Å². The average Bonchev–Trinajstić information content (AvgIpc) is 2.47. The first-order chi connectivity index (χ1) is 9.33. The van der Waals surface area contributed by atoms with Crippen LogP contribution in [0.4, 0.5) is 11.5 Å². The number of nitrogens with one attached hydrogen (secondary N) is 1. The van der Waals surface area contributed by atoms with Crippen molar-refractivity contribution in [3.63, 3.8) is 0 Å². The third-order valence-electron chi connectivity index (χ3n) is 2.43. The Labute approximate surface area is 111 Å². The second-order valence-electron chi connectivity index (χ2n) is 3.80. The molecule has 1 aromatic heterocycles. The van der Waals surface area contributed by atoms with Gasteiger partial charge in [-0.2, -0.15) is 5.26 Å². The van der Waals surface area contributed by atoms with Crippen LogP contribution >= 0.6 is 0 Å². The molecule has 0 bridgehead atoms. The third-order valence-corrected chi connectivity index (χ3v) is 2.43. The molecule has 0 saturated heterocycles. The van der Waals surface area contributed by atoms with Crippen LogP contribution in [0, 0.1) is 11.3 Å². The molecule has 0 radical (unpaired) electrons. The van der Waals surface area contributed by atoms with Gasteiger partial charge < -0.3 is 15.8 Å². The number of rotatable bonds is 5. The second kappa shape index (κ2) is 6.38. The van der Waals surface area contributed by atoms with Gasteiger partial charge in [-0.1, -0.05) is 0 Å². The molecular weight excluding hydrogens is 240 g/mol. The lowest BCUT2D eigenvalue weighted by Gasteiger charge is -2.08. The van der Waals surface area contributed by atoms with Crippen LogP contribution in [0.3, 0.4) is 0 Å². The van der Waals surface area contributed by atoms with E-state index in [0.29, 0.717) is 24.5 Å². The van der Waals surface area contributed by atoms with Crippen molar-refractivity contribution in [2.24, 2.45) is 5.73 Å². The van der Waals surface area contributed by atoms with Gasteiger partial charge in [-0.25, -0.2) is 4.98 Å². The van der Waals surface area contributed by atoms with Crippen LogP contribution in [-0.2, 0) is 0 Å². The van der Waals surface area contributed by atoms with Crippen molar-refractivity contribution in [2.75, 3.05) is 18.5 Å². The quantitative estimate of drug-likeness (QED) is 0.853. The number of benzene rings is 1. The molecule has 96 valence electrons. The molecule has 0 unspecified atom stereocenters. The Morgan fingerprint density at radius 2 is 2.05 bits per heavy atom. The minimum absolute atomic E-state index is 0.486. The van der Waals surface area contributed by atoms with Gasteiger partial charge in [0.1, 0.15) is 24.2 Å². The molecule has 0 aliphatic carbocycles. The van der Waals surface area contributed by atoms with E-state index in [0.717, 1.165) is 11.4 Å². The van der Waals surface area contributed by atoms with Crippen LogP contribution in [0.15, 0.2) is 42.6 Å². The summed E-state index contributed by atoms with van der Waals surface area (Å²) < 4.78 is 5.38. The van der Waals surface area contributed by atoms with E-state index in [2.05, 4.69) is 16.4 Å². The maximum atomic E-state index is 8.98. The number of pyridine rings is 1. The fraction of sp³-hybridized carbons (Fsp3) is 0.143. The molecule has 0 aliphatic rings. The van der Waals surface area contributed by atoms with E-state index >= 15 is 0 Å². The maximum Gasteiger partial charge on any atom is 0.148 e. The largest absolute Gasteiger partial charge is 0.492 e. The Morgan fingerprint density at radius 1 is 1.26 bits per heavy atom. The SMILES string of the molecule is N#Cc1cccnc1Nc1ccc(OCCN)cc1. The Kier molecular flexibility index (Phi) is 4.32. The van der Waals surface area contributed by atoms with Crippen LogP contribution in [0.1, 0.15) is 5.56 Å². The Bertz CT molecular complexity index is 575. The van der Waals surface area contributed by atoms with Crippen molar-refractivity contribution in [2.45, 2.75) is 0 Å². The molecular formula is C14H14N4O. The summed E-state index contributed by atoms with van der Waals surface area (Å²) in [6, 6.07) is 12.9. The smallest absolute Gasteiger partial charge is 0.148 e. The predicted molar refractivity (Wildman–Crippen MR) is 73.2 cm³/mol. The minimum Gasteiger partial charge on any atom is -0.492 e. The average molecular weight is 254 g/mol. The molecule has 19 heavy (non-hydrogen) atoms. The van der Waals surface area contributed by atoms with Gasteiger partial charge in [0.25, 0.3) is 0 Å². The molecule has 0 spiro atoms. The van der Waals surface area contributed by atoms with Crippen LogP contribution < -0.4 is 15.8 Å². The summed E-state index contributed by atoms with van der Waals surface area (Å²) in [6.07, 6.45) is 1.64. The lowest BCUT2D eigenvalue weighted by Crippen LogP contribution is -2.10. The highest BCUT2D eigenvalue weighted by Gasteiger charge is 2.02. The van der Waals surface area contributed by atoms with Crippen LogP contribution in [0.2, 0.25) is 0 Å². The lowest BCUT2D eigenvalue weighted by atomic mass is 10.2. The van der Waals surface area contributed by atoms with Gasteiger partial charge in [-0.05, 0) is 36.4 Å². The summed E-state index contributed by atoms with van der Waals surface area (Å²) in [5.74, 6) is 1.30. The van der Waals surface area contributed by atoms with Gasteiger partial charge in [-0.15, -0.1) is 0 Å². The molecule has 2 aromatic rings. The van der Waals surface area contributed by atoms with Crippen LogP contribution in [0.25, 0.3) is 0 Å². The molecule has 5 nitrogen and oxygen atoms in total. The molecule has 3 N–H and O–H groups in total. The summed E-state index contributed by atoms with van der Waals surface area (Å²) >= 11 is 0. The van der Waals surface area contributed by atoms with E-state index < -0.39 is 0 Å². The van der Waals surface area contributed by atoms with Crippen LogP contribution in [0.5, 0.6) is 5.75 Å². The van der Waals surface area contributed by atoms with Crippen molar-refractivity contribution in [1.29, 1.82) is 5.26 Å². The summed E-state index contributed by atoms with van der Waals surface area (Å²) in [5, 5.41) is 12.1. The standard InChI is InChI=1S/C14H14N4O/c15-7-9-19-13-5-3-12(4-6-13)18-14-11(10-16)2-1-8-17-14/h1-6,8H,7,9,15H2,(H,17,18). The summed E-state index contributed by atoms with van der Waals surface area (Å²) in [7, 11) is 0. The number of aromatic nitrogens is 1. The van der Waals surface area contributed by atoms with Crippen LogP contribution in [-0.4, -0.2) is 18.1 Å². The zero-order valence-electron chi connectivity index (χ0n) is 10.3. The van der Waals surface area contributed by atoms with Crippen molar-refractivity contribution >= 4 is 11.5 Å². The topological polar surface area (TPSA) is 84.0 Å². The summed E-state index contributed by atoms with van der Waals surface area (Å²) in [6.45, 7) is 0.977. The second-order valence-corrected chi connectivity index (χ2v) is 3.80. The fourth-order valence-corrected chi connectivity index (χ4v) is 1.54. The first kappa shape index (κ1) is 12.9. The molecule has 1 heterocycles. The van der Waals surface area contributed by atoms with Gasteiger partial charge >= 0.3 is 0 Å². The number of ether oxygens (including phenoxy) is 1. The highest BCUT2D eigenvalue weighted by molar-refractivity contribution is 5.62. The Hall–Kier alpha value is -2.58. The molecule has 0 amide bonds. The number of nitriles is 1. The molecule has 2 rings (SSSR count). The first-order valence-corrected chi connectivity index (χ1v) is 5.88. The molecule has 0 saturated carbocycles. The highest BCUT2D eigenvalue weighted by atomic mass is 16.5. The van der Waals surface area contributed by atoms with Crippen molar-refractivity contribution in [3.05, 3.63) is 48.2 Å². The predicted octanol–water partition coefficient (Wildman–Crippen LogP) is 2.03. The van der Waals surface area contributed by atoms with E-state index in [1.54, 1.807) is 18.3 Å². The van der Waals surface area contributed by atoms with E-state index in [4.69, 9.17) is 15.7 Å². The van der Waals surface area contributed by atoms with Crippen molar-refractivity contribution in [1.82, 2.24) is 4.98 Å².